The summed E-state index contributed by atoms with van der Waals surface area (Å²) in [6.07, 6.45) is 3.24. The van der Waals surface area contributed by atoms with E-state index in [0.29, 0.717) is 12.5 Å². The average Bonchev–Trinajstić information content (AvgIpc) is 2.39. The summed E-state index contributed by atoms with van der Waals surface area (Å²) in [7, 11) is 0. The highest BCUT2D eigenvalue weighted by molar-refractivity contribution is 5.85. The van der Waals surface area contributed by atoms with Gasteiger partial charge in [0.2, 0.25) is 0 Å². The maximum atomic E-state index is 12.5. The molecule has 0 saturated carbocycles. The maximum Gasteiger partial charge on any atom is 0.329 e. The zero-order chi connectivity index (χ0) is 14.6. The minimum Gasteiger partial charge on any atom is -0.480 e. The van der Waals surface area contributed by atoms with Gasteiger partial charge >= 0.3 is 12.0 Å². The SMILES string of the molecule is CCC1CCCN(C(=O)N(CC)C(C)(C)C(=O)O)C1. The van der Waals surface area contributed by atoms with Crippen LogP contribution in [0.1, 0.15) is 47.0 Å². The highest BCUT2D eigenvalue weighted by Gasteiger charge is 2.39. The molecule has 1 N–H and O–H groups in total. The Labute approximate surface area is 115 Å². The van der Waals surface area contributed by atoms with Gasteiger partial charge in [0.1, 0.15) is 5.54 Å². The number of urea groups is 1. The summed E-state index contributed by atoms with van der Waals surface area (Å²) in [6, 6.07) is -0.145. The number of carbonyl (C=O) groups excluding carboxylic acids is 1. The Kier molecular flexibility index (Phi) is 5.20. The van der Waals surface area contributed by atoms with E-state index in [1.165, 1.54) is 4.90 Å². The fourth-order valence-corrected chi connectivity index (χ4v) is 2.63. The van der Waals surface area contributed by atoms with Crippen molar-refractivity contribution in [1.82, 2.24) is 9.80 Å². The zero-order valence-electron chi connectivity index (χ0n) is 12.5. The first-order chi connectivity index (χ1) is 8.84. The number of carboxylic acid groups (broad SMARTS) is 1. The predicted octanol–water partition coefficient (Wildman–Crippen LogP) is 2.41. The highest BCUT2D eigenvalue weighted by atomic mass is 16.4. The van der Waals surface area contributed by atoms with Crippen molar-refractivity contribution in [3.8, 4) is 0 Å². The van der Waals surface area contributed by atoms with Gasteiger partial charge in [-0.15, -0.1) is 0 Å². The van der Waals surface area contributed by atoms with Gasteiger partial charge in [0, 0.05) is 19.6 Å². The fraction of sp³-hybridized carbons (Fsp3) is 0.857. The van der Waals surface area contributed by atoms with Crippen molar-refractivity contribution >= 4 is 12.0 Å². The minimum absolute atomic E-state index is 0.145. The summed E-state index contributed by atoms with van der Waals surface area (Å²) in [4.78, 5) is 27.1. The second kappa shape index (κ2) is 6.26. The van der Waals surface area contributed by atoms with E-state index in [9.17, 15) is 14.7 Å². The molecule has 1 rings (SSSR count). The number of aliphatic carboxylic acids is 1. The molecule has 1 saturated heterocycles. The molecule has 0 spiro atoms. The van der Waals surface area contributed by atoms with E-state index >= 15 is 0 Å². The van der Waals surface area contributed by atoms with Crippen LogP contribution in [0.2, 0.25) is 0 Å². The molecule has 0 bridgehead atoms. The number of hydrogen-bond acceptors (Lipinski definition) is 2. The summed E-state index contributed by atoms with van der Waals surface area (Å²) < 4.78 is 0. The van der Waals surface area contributed by atoms with Gasteiger partial charge < -0.3 is 14.9 Å². The van der Waals surface area contributed by atoms with E-state index < -0.39 is 11.5 Å². The number of hydrogen-bond donors (Lipinski definition) is 1. The third-order valence-electron chi connectivity index (χ3n) is 4.11. The lowest BCUT2D eigenvalue weighted by Crippen LogP contribution is -2.58. The standard InChI is InChI=1S/C14H26N2O3/c1-5-11-8-7-9-15(10-11)13(19)16(6-2)14(3,4)12(17)18/h11H,5-10H2,1-4H3,(H,17,18). The molecule has 2 amide bonds. The van der Waals surface area contributed by atoms with Crippen LogP contribution in [0.4, 0.5) is 4.79 Å². The van der Waals surface area contributed by atoms with Crippen molar-refractivity contribution in [2.45, 2.75) is 52.5 Å². The molecule has 0 aromatic heterocycles. The van der Waals surface area contributed by atoms with Crippen LogP contribution in [0.15, 0.2) is 0 Å². The smallest absolute Gasteiger partial charge is 0.329 e. The topological polar surface area (TPSA) is 60.9 Å². The van der Waals surface area contributed by atoms with Crippen LogP contribution in [-0.4, -0.2) is 52.1 Å². The molecule has 110 valence electrons. The summed E-state index contributed by atoms with van der Waals surface area (Å²) in [5, 5.41) is 9.28. The van der Waals surface area contributed by atoms with Gasteiger partial charge in [-0.1, -0.05) is 13.3 Å². The number of piperidine rings is 1. The Balaban J connectivity index is 2.81. The van der Waals surface area contributed by atoms with Gasteiger partial charge in [-0.2, -0.15) is 0 Å². The van der Waals surface area contributed by atoms with E-state index in [-0.39, 0.29) is 6.03 Å². The second-order valence-corrected chi connectivity index (χ2v) is 5.75. The minimum atomic E-state index is -1.16. The Morgan fingerprint density at radius 1 is 1.37 bits per heavy atom. The highest BCUT2D eigenvalue weighted by Crippen LogP contribution is 2.23. The Morgan fingerprint density at radius 2 is 2.00 bits per heavy atom. The monoisotopic (exact) mass is 270 g/mol. The van der Waals surface area contributed by atoms with E-state index in [0.717, 1.165) is 32.4 Å². The first-order valence-corrected chi connectivity index (χ1v) is 7.14. The first-order valence-electron chi connectivity index (χ1n) is 7.14. The third kappa shape index (κ3) is 3.39. The quantitative estimate of drug-likeness (QED) is 0.853. The Bertz CT molecular complexity index is 342. The lowest BCUT2D eigenvalue weighted by Gasteiger charge is -2.40. The third-order valence-corrected chi connectivity index (χ3v) is 4.11. The molecule has 0 aliphatic carbocycles. The van der Waals surface area contributed by atoms with Crippen molar-refractivity contribution in [3.63, 3.8) is 0 Å². The molecular weight excluding hydrogens is 244 g/mol. The molecule has 19 heavy (non-hydrogen) atoms. The fourth-order valence-electron chi connectivity index (χ4n) is 2.63. The van der Waals surface area contributed by atoms with Gasteiger partial charge in [-0.3, -0.25) is 0 Å². The number of amides is 2. The second-order valence-electron chi connectivity index (χ2n) is 5.75. The molecule has 1 heterocycles. The van der Waals surface area contributed by atoms with Crippen LogP contribution >= 0.6 is 0 Å². The maximum absolute atomic E-state index is 12.5. The molecule has 0 aromatic carbocycles. The van der Waals surface area contributed by atoms with Crippen LogP contribution in [0.25, 0.3) is 0 Å². The van der Waals surface area contributed by atoms with Gasteiger partial charge in [0.15, 0.2) is 0 Å². The van der Waals surface area contributed by atoms with E-state index in [1.54, 1.807) is 13.8 Å². The van der Waals surface area contributed by atoms with Crippen LogP contribution in [-0.2, 0) is 4.79 Å². The van der Waals surface area contributed by atoms with E-state index in [4.69, 9.17) is 0 Å². The van der Waals surface area contributed by atoms with Crippen LogP contribution in [0.5, 0.6) is 0 Å². The van der Waals surface area contributed by atoms with Gasteiger partial charge in [-0.25, -0.2) is 9.59 Å². The molecule has 0 aromatic rings. The molecule has 1 atom stereocenters. The summed E-state index contributed by atoms with van der Waals surface area (Å²) in [5.74, 6) is -0.420. The van der Waals surface area contributed by atoms with Crippen LogP contribution in [0, 0.1) is 5.92 Å². The molecule has 5 heteroatoms. The molecule has 1 unspecified atom stereocenters. The number of carboxylic acids is 1. The Hall–Kier alpha value is -1.26. The summed E-state index contributed by atoms with van der Waals surface area (Å²) in [5.41, 5.74) is -1.16. The van der Waals surface area contributed by atoms with Gasteiger partial charge in [0.05, 0.1) is 0 Å². The van der Waals surface area contributed by atoms with Crippen molar-refractivity contribution in [1.29, 1.82) is 0 Å². The van der Waals surface area contributed by atoms with Crippen molar-refractivity contribution in [3.05, 3.63) is 0 Å². The average molecular weight is 270 g/mol. The number of nitrogens with zero attached hydrogens (tertiary/aromatic N) is 2. The van der Waals surface area contributed by atoms with Gasteiger partial charge in [0.25, 0.3) is 0 Å². The lowest BCUT2D eigenvalue weighted by atomic mass is 9.95. The van der Waals surface area contributed by atoms with Gasteiger partial charge in [-0.05, 0) is 39.5 Å². The number of carbonyl (C=O) groups is 2. The number of likely N-dealkylation sites (tertiary alicyclic amines) is 1. The van der Waals surface area contributed by atoms with Crippen LogP contribution in [0.3, 0.4) is 0 Å². The number of rotatable bonds is 4. The molecule has 0 radical (unpaired) electrons. The molecule has 1 aliphatic heterocycles. The van der Waals surface area contributed by atoms with E-state index in [2.05, 4.69) is 6.92 Å². The first kappa shape index (κ1) is 15.8. The molecule has 1 fully saturated rings. The molecular formula is C14H26N2O3. The van der Waals surface area contributed by atoms with Crippen molar-refractivity contribution in [2.24, 2.45) is 5.92 Å². The van der Waals surface area contributed by atoms with Crippen molar-refractivity contribution < 1.29 is 14.7 Å². The molecule has 5 nitrogen and oxygen atoms in total. The predicted molar refractivity (Wildman–Crippen MR) is 74.1 cm³/mol. The Morgan fingerprint density at radius 3 is 2.47 bits per heavy atom. The summed E-state index contributed by atoms with van der Waals surface area (Å²) in [6.45, 7) is 9.02. The van der Waals surface area contributed by atoms with E-state index in [1.807, 2.05) is 11.8 Å². The molecule has 1 aliphatic rings. The normalized spacial score (nSPS) is 20.2. The summed E-state index contributed by atoms with van der Waals surface area (Å²) >= 11 is 0. The largest absolute Gasteiger partial charge is 0.480 e. The lowest BCUT2D eigenvalue weighted by molar-refractivity contribution is -0.147. The zero-order valence-corrected chi connectivity index (χ0v) is 12.5. The van der Waals surface area contributed by atoms with Crippen molar-refractivity contribution in [2.75, 3.05) is 19.6 Å². The number of likely N-dealkylation sites (N-methyl/N-ethyl adjacent to an activating group) is 1. The van der Waals surface area contributed by atoms with Crippen LogP contribution < -0.4 is 0 Å².